The minimum Gasteiger partial charge on any atom is -0.497 e. The van der Waals surface area contributed by atoms with E-state index in [2.05, 4.69) is 13.0 Å². The van der Waals surface area contributed by atoms with Gasteiger partial charge in [-0.1, -0.05) is 13.0 Å². The van der Waals surface area contributed by atoms with Crippen molar-refractivity contribution in [3.8, 4) is 5.75 Å². The molecule has 76 valence electrons. The summed E-state index contributed by atoms with van der Waals surface area (Å²) >= 11 is 0. The minimum absolute atomic E-state index is 0.325. The molecule has 0 aromatic heterocycles. The van der Waals surface area contributed by atoms with Crippen LogP contribution in [-0.2, 0) is 6.42 Å². The molecule has 1 aliphatic carbocycles. The molecule has 0 bridgehead atoms. The van der Waals surface area contributed by atoms with Gasteiger partial charge in [0.1, 0.15) is 5.75 Å². The zero-order valence-electron chi connectivity index (χ0n) is 8.66. The molecule has 0 aliphatic heterocycles. The molecule has 0 heterocycles. The summed E-state index contributed by atoms with van der Waals surface area (Å²) in [5.74, 6) is 1.19. The minimum atomic E-state index is -0.325. The predicted octanol–water partition coefficient (Wildman–Crippen LogP) is 2.31. The van der Waals surface area contributed by atoms with Gasteiger partial charge in [-0.15, -0.1) is 0 Å². The van der Waals surface area contributed by atoms with Gasteiger partial charge in [0.05, 0.1) is 13.2 Å². The highest BCUT2D eigenvalue weighted by molar-refractivity contribution is 5.38. The van der Waals surface area contributed by atoms with E-state index < -0.39 is 0 Å². The van der Waals surface area contributed by atoms with E-state index in [-0.39, 0.29) is 6.10 Å². The van der Waals surface area contributed by atoms with Crippen molar-refractivity contribution >= 4 is 0 Å². The number of hydrogen-bond donors (Lipinski definition) is 1. The first-order valence-electron chi connectivity index (χ1n) is 5.07. The average molecular weight is 192 g/mol. The monoisotopic (exact) mass is 192 g/mol. The molecule has 1 aromatic carbocycles. The van der Waals surface area contributed by atoms with Crippen molar-refractivity contribution in [1.29, 1.82) is 0 Å². The summed E-state index contributed by atoms with van der Waals surface area (Å²) < 4.78 is 5.15. The Bertz CT molecular complexity index is 333. The maximum atomic E-state index is 9.99. The van der Waals surface area contributed by atoms with Gasteiger partial charge >= 0.3 is 0 Å². The molecule has 0 amide bonds. The van der Waals surface area contributed by atoms with Crippen LogP contribution in [0.25, 0.3) is 0 Å². The fourth-order valence-electron chi connectivity index (χ4n) is 2.05. The third kappa shape index (κ3) is 1.50. The number of aliphatic hydroxyl groups is 1. The highest BCUT2D eigenvalue weighted by atomic mass is 16.5. The first kappa shape index (κ1) is 9.53. The van der Waals surface area contributed by atoms with Crippen LogP contribution in [0.4, 0.5) is 0 Å². The number of hydrogen-bond acceptors (Lipinski definition) is 2. The highest BCUT2D eigenvalue weighted by Gasteiger charge is 2.24. The van der Waals surface area contributed by atoms with Gasteiger partial charge < -0.3 is 9.84 Å². The normalized spacial score (nSPS) is 25.6. The van der Waals surface area contributed by atoms with Gasteiger partial charge in [-0.2, -0.15) is 0 Å². The lowest BCUT2D eigenvalue weighted by molar-refractivity contribution is 0.103. The van der Waals surface area contributed by atoms with Crippen LogP contribution in [-0.4, -0.2) is 12.2 Å². The van der Waals surface area contributed by atoms with Crippen molar-refractivity contribution in [2.75, 3.05) is 7.11 Å². The SMILES string of the molecule is COc1ccc2c(c1)C(O)C(C)CC2. The summed E-state index contributed by atoms with van der Waals surface area (Å²) in [6.07, 6.45) is 1.81. The fourth-order valence-corrected chi connectivity index (χ4v) is 2.05. The van der Waals surface area contributed by atoms with Crippen LogP contribution in [0.1, 0.15) is 30.6 Å². The van der Waals surface area contributed by atoms with Crippen LogP contribution in [0.15, 0.2) is 18.2 Å². The predicted molar refractivity (Wildman–Crippen MR) is 55.4 cm³/mol. The van der Waals surface area contributed by atoms with Crippen LogP contribution in [0, 0.1) is 5.92 Å². The molecule has 2 unspecified atom stereocenters. The van der Waals surface area contributed by atoms with Crippen LogP contribution in [0.5, 0.6) is 5.75 Å². The van der Waals surface area contributed by atoms with Crippen LogP contribution in [0.2, 0.25) is 0 Å². The van der Waals surface area contributed by atoms with Crippen molar-refractivity contribution in [3.05, 3.63) is 29.3 Å². The molecule has 0 spiro atoms. The van der Waals surface area contributed by atoms with Gasteiger partial charge in [-0.3, -0.25) is 0 Å². The molecule has 0 radical (unpaired) electrons. The highest BCUT2D eigenvalue weighted by Crippen LogP contribution is 2.35. The Morgan fingerprint density at radius 2 is 2.21 bits per heavy atom. The van der Waals surface area contributed by atoms with Gasteiger partial charge in [0.15, 0.2) is 0 Å². The van der Waals surface area contributed by atoms with Crippen LogP contribution >= 0.6 is 0 Å². The summed E-state index contributed by atoms with van der Waals surface area (Å²) in [6.45, 7) is 2.09. The summed E-state index contributed by atoms with van der Waals surface area (Å²) in [6, 6.07) is 5.97. The number of ether oxygens (including phenoxy) is 1. The van der Waals surface area contributed by atoms with Crippen molar-refractivity contribution in [1.82, 2.24) is 0 Å². The Labute approximate surface area is 84.5 Å². The average Bonchev–Trinajstić information content (AvgIpc) is 2.23. The number of fused-ring (bicyclic) bond motifs is 1. The zero-order chi connectivity index (χ0) is 10.1. The number of aryl methyl sites for hydroxylation is 1. The van der Waals surface area contributed by atoms with Gasteiger partial charge in [0, 0.05) is 0 Å². The Morgan fingerprint density at radius 3 is 2.93 bits per heavy atom. The molecule has 1 N–H and O–H groups in total. The number of benzene rings is 1. The van der Waals surface area contributed by atoms with Gasteiger partial charge in [-0.05, 0) is 42.0 Å². The quantitative estimate of drug-likeness (QED) is 0.740. The van der Waals surface area contributed by atoms with Gasteiger partial charge in [-0.25, -0.2) is 0 Å². The molecule has 2 nitrogen and oxygen atoms in total. The van der Waals surface area contributed by atoms with Crippen molar-refractivity contribution in [2.45, 2.75) is 25.9 Å². The third-order valence-electron chi connectivity index (χ3n) is 3.08. The topological polar surface area (TPSA) is 29.5 Å². The Kier molecular flexibility index (Phi) is 2.46. The van der Waals surface area contributed by atoms with E-state index >= 15 is 0 Å². The molecule has 14 heavy (non-hydrogen) atoms. The molecule has 0 saturated heterocycles. The van der Waals surface area contributed by atoms with E-state index in [4.69, 9.17) is 4.74 Å². The largest absolute Gasteiger partial charge is 0.497 e. The molecule has 0 saturated carbocycles. The van der Waals surface area contributed by atoms with Gasteiger partial charge in [0.25, 0.3) is 0 Å². The summed E-state index contributed by atoms with van der Waals surface area (Å²) in [5.41, 5.74) is 2.31. The maximum absolute atomic E-state index is 9.99. The molecule has 2 rings (SSSR count). The second-order valence-electron chi connectivity index (χ2n) is 4.03. The maximum Gasteiger partial charge on any atom is 0.119 e. The molecule has 0 fully saturated rings. The zero-order valence-corrected chi connectivity index (χ0v) is 8.66. The first-order valence-corrected chi connectivity index (χ1v) is 5.07. The van der Waals surface area contributed by atoms with Crippen molar-refractivity contribution < 1.29 is 9.84 Å². The first-order chi connectivity index (χ1) is 6.72. The summed E-state index contributed by atoms with van der Waals surface area (Å²) in [5, 5.41) is 9.99. The molecule has 2 atom stereocenters. The summed E-state index contributed by atoms with van der Waals surface area (Å²) in [4.78, 5) is 0. The second-order valence-corrected chi connectivity index (χ2v) is 4.03. The Balaban J connectivity index is 2.41. The summed E-state index contributed by atoms with van der Waals surface area (Å²) in [7, 11) is 1.65. The van der Waals surface area contributed by atoms with E-state index in [0.717, 1.165) is 24.2 Å². The van der Waals surface area contributed by atoms with Crippen molar-refractivity contribution in [2.24, 2.45) is 5.92 Å². The lowest BCUT2D eigenvalue weighted by Gasteiger charge is -2.27. The fraction of sp³-hybridized carbons (Fsp3) is 0.500. The number of methoxy groups -OCH3 is 1. The van der Waals surface area contributed by atoms with Crippen LogP contribution < -0.4 is 4.74 Å². The van der Waals surface area contributed by atoms with Gasteiger partial charge in [0.2, 0.25) is 0 Å². The van der Waals surface area contributed by atoms with E-state index in [0.29, 0.717) is 5.92 Å². The third-order valence-corrected chi connectivity index (χ3v) is 3.08. The standard InChI is InChI=1S/C12H16O2/c1-8-3-4-9-5-6-10(14-2)7-11(9)12(8)13/h5-8,12-13H,3-4H2,1-2H3. The van der Waals surface area contributed by atoms with E-state index in [1.54, 1.807) is 7.11 Å². The molecule has 2 heteroatoms. The Hall–Kier alpha value is -1.02. The Morgan fingerprint density at radius 1 is 1.43 bits per heavy atom. The number of rotatable bonds is 1. The second kappa shape index (κ2) is 3.62. The number of aliphatic hydroxyl groups excluding tert-OH is 1. The molecule has 1 aliphatic rings. The smallest absolute Gasteiger partial charge is 0.119 e. The van der Waals surface area contributed by atoms with Crippen molar-refractivity contribution in [3.63, 3.8) is 0 Å². The lowest BCUT2D eigenvalue weighted by atomic mass is 9.82. The molecular weight excluding hydrogens is 176 g/mol. The molecule has 1 aromatic rings. The van der Waals surface area contributed by atoms with E-state index in [1.165, 1.54) is 5.56 Å². The molecular formula is C12H16O2. The lowest BCUT2D eigenvalue weighted by Crippen LogP contribution is -2.17. The van der Waals surface area contributed by atoms with E-state index in [1.807, 2.05) is 12.1 Å². The van der Waals surface area contributed by atoms with E-state index in [9.17, 15) is 5.11 Å². The van der Waals surface area contributed by atoms with Crippen LogP contribution in [0.3, 0.4) is 0 Å².